The Kier molecular flexibility index (Phi) is 3.50. The molecule has 0 spiro atoms. The number of nitrogens with one attached hydrogen (secondary N) is 1. The molecule has 0 unspecified atom stereocenters. The molecule has 100 valence electrons. The summed E-state index contributed by atoms with van der Waals surface area (Å²) in [5.74, 6) is -1.79. The molecular formula is C13H13FN2O3. The first kappa shape index (κ1) is 13.1. The molecule has 0 radical (unpaired) electrons. The second kappa shape index (κ2) is 5.09. The predicted molar refractivity (Wildman–Crippen MR) is 67.5 cm³/mol. The summed E-state index contributed by atoms with van der Waals surface area (Å²) >= 11 is 0. The summed E-state index contributed by atoms with van der Waals surface area (Å²) in [6.07, 6.45) is -0.149. The van der Waals surface area contributed by atoms with E-state index in [1.54, 1.807) is 23.7 Å². The first-order valence-corrected chi connectivity index (χ1v) is 5.74. The van der Waals surface area contributed by atoms with Gasteiger partial charge in [-0.25, -0.2) is 4.39 Å². The van der Waals surface area contributed by atoms with Crippen LogP contribution >= 0.6 is 0 Å². The molecule has 2 aromatic rings. The Balaban J connectivity index is 2.25. The van der Waals surface area contributed by atoms with Gasteiger partial charge in [0.1, 0.15) is 11.5 Å². The van der Waals surface area contributed by atoms with Crippen LogP contribution in [-0.4, -0.2) is 28.1 Å². The van der Waals surface area contributed by atoms with Crippen LogP contribution in [0.3, 0.4) is 0 Å². The number of fused-ring (bicyclic) bond motifs is 1. The van der Waals surface area contributed by atoms with Crippen LogP contribution in [-0.2, 0) is 11.8 Å². The van der Waals surface area contributed by atoms with Crippen LogP contribution in [0.2, 0.25) is 0 Å². The van der Waals surface area contributed by atoms with Gasteiger partial charge in [0.2, 0.25) is 0 Å². The summed E-state index contributed by atoms with van der Waals surface area (Å²) < 4.78 is 15.2. The molecule has 0 saturated carbocycles. The van der Waals surface area contributed by atoms with Gasteiger partial charge in [-0.2, -0.15) is 0 Å². The molecule has 0 aliphatic heterocycles. The number of aliphatic carboxylic acids is 1. The molecule has 0 fully saturated rings. The van der Waals surface area contributed by atoms with Gasteiger partial charge < -0.3 is 15.0 Å². The lowest BCUT2D eigenvalue weighted by Gasteiger charge is -2.05. The van der Waals surface area contributed by atoms with Crippen LogP contribution in [0.1, 0.15) is 16.9 Å². The van der Waals surface area contributed by atoms with Gasteiger partial charge in [0.15, 0.2) is 0 Å². The standard InChI is InChI=1S/C13H13FN2O3/c1-16-10-4-2-3-9(14)8(10)7-11(16)13(19)15-6-5-12(17)18/h2-4,7H,5-6H2,1H3,(H,15,19)(H,17,18). The molecule has 2 N–H and O–H groups in total. The zero-order valence-electron chi connectivity index (χ0n) is 10.3. The average molecular weight is 264 g/mol. The number of carbonyl (C=O) groups excluding carboxylic acids is 1. The Morgan fingerprint density at radius 3 is 2.79 bits per heavy atom. The highest BCUT2D eigenvalue weighted by Crippen LogP contribution is 2.21. The minimum atomic E-state index is -0.983. The van der Waals surface area contributed by atoms with E-state index in [9.17, 15) is 14.0 Å². The fraction of sp³-hybridized carbons (Fsp3) is 0.231. The minimum absolute atomic E-state index is 0.0399. The van der Waals surface area contributed by atoms with Crippen LogP contribution in [0.5, 0.6) is 0 Å². The van der Waals surface area contributed by atoms with Crippen LogP contribution in [0.25, 0.3) is 10.9 Å². The fourth-order valence-electron chi connectivity index (χ4n) is 1.92. The van der Waals surface area contributed by atoms with Crippen molar-refractivity contribution >= 4 is 22.8 Å². The van der Waals surface area contributed by atoms with Gasteiger partial charge in [-0.1, -0.05) is 6.07 Å². The predicted octanol–water partition coefficient (Wildman–Crippen LogP) is 1.52. The van der Waals surface area contributed by atoms with Crippen LogP contribution in [0.15, 0.2) is 24.3 Å². The number of nitrogens with zero attached hydrogens (tertiary/aromatic N) is 1. The number of carboxylic acids is 1. The number of aryl methyl sites for hydroxylation is 1. The summed E-state index contributed by atoms with van der Waals surface area (Å²) in [4.78, 5) is 22.2. The summed E-state index contributed by atoms with van der Waals surface area (Å²) in [6, 6.07) is 6.07. The molecule has 6 heteroatoms. The Labute approximate surface area is 108 Å². The van der Waals surface area contributed by atoms with E-state index >= 15 is 0 Å². The zero-order valence-corrected chi connectivity index (χ0v) is 10.3. The van der Waals surface area contributed by atoms with E-state index in [1.807, 2.05) is 0 Å². The summed E-state index contributed by atoms with van der Waals surface area (Å²) in [7, 11) is 1.66. The molecular weight excluding hydrogens is 251 g/mol. The highest BCUT2D eigenvalue weighted by molar-refractivity contribution is 5.98. The maximum absolute atomic E-state index is 13.6. The van der Waals surface area contributed by atoms with Crippen molar-refractivity contribution in [2.24, 2.45) is 7.05 Å². The van der Waals surface area contributed by atoms with Gasteiger partial charge in [0.05, 0.1) is 11.9 Å². The largest absolute Gasteiger partial charge is 0.481 e. The number of rotatable bonds is 4. The second-order valence-electron chi connectivity index (χ2n) is 4.16. The van der Waals surface area contributed by atoms with E-state index in [2.05, 4.69) is 5.32 Å². The maximum atomic E-state index is 13.6. The van der Waals surface area contributed by atoms with Crippen molar-refractivity contribution in [3.05, 3.63) is 35.8 Å². The Hall–Kier alpha value is -2.37. The van der Waals surface area contributed by atoms with Crippen molar-refractivity contribution in [1.29, 1.82) is 0 Å². The number of carboxylic acid groups (broad SMARTS) is 1. The van der Waals surface area contributed by atoms with Gasteiger partial charge in [0.25, 0.3) is 5.91 Å². The topological polar surface area (TPSA) is 71.3 Å². The first-order valence-electron chi connectivity index (χ1n) is 5.74. The monoisotopic (exact) mass is 264 g/mol. The van der Waals surface area contributed by atoms with Gasteiger partial charge in [0, 0.05) is 19.0 Å². The van der Waals surface area contributed by atoms with Gasteiger partial charge >= 0.3 is 5.97 Å². The van der Waals surface area contributed by atoms with Crippen molar-refractivity contribution in [1.82, 2.24) is 9.88 Å². The van der Waals surface area contributed by atoms with E-state index in [-0.39, 0.29) is 13.0 Å². The molecule has 0 bridgehead atoms. The molecule has 0 atom stereocenters. The normalized spacial score (nSPS) is 10.6. The third kappa shape index (κ3) is 2.57. The third-order valence-electron chi connectivity index (χ3n) is 2.89. The van der Waals surface area contributed by atoms with Crippen LogP contribution < -0.4 is 5.32 Å². The Morgan fingerprint density at radius 2 is 2.16 bits per heavy atom. The van der Waals surface area contributed by atoms with E-state index in [0.717, 1.165) is 0 Å². The fourth-order valence-corrected chi connectivity index (χ4v) is 1.92. The molecule has 1 aromatic heterocycles. The van der Waals surface area contributed by atoms with Crippen molar-refractivity contribution in [2.45, 2.75) is 6.42 Å². The lowest BCUT2D eigenvalue weighted by molar-refractivity contribution is -0.136. The van der Waals surface area contributed by atoms with Crippen molar-refractivity contribution < 1.29 is 19.1 Å². The van der Waals surface area contributed by atoms with Gasteiger partial charge in [-0.15, -0.1) is 0 Å². The third-order valence-corrected chi connectivity index (χ3v) is 2.89. The SMILES string of the molecule is Cn1c(C(=O)NCCC(=O)O)cc2c(F)cccc21. The van der Waals surface area contributed by atoms with E-state index < -0.39 is 17.7 Å². The number of halogens is 1. The average Bonchev–Trinajstić information content (AvgIpc) is 2.68. The smallest absolute Gasteiger partial charge is 0.305 e. The molecule has 5 nitrogen and oxygen atoms in total. The molecule has 0 aliphatic rings. The van der Waals surface area contributed by atoms with E-state index in [1.165, 1.54) is 12.1 Å². The number of carbonyl (C=O) groups is 2. The van der Waals surface area contributed by atoms with Crippen molar-refractivity contribution in [3.8, 4) is 0 Å². The van der Waals surface area contributed by atoms with E-state index in [0.29, 0.717) is 16.6 Å². The highest BCUT2D eigenvalue weighted by Gasteiger charge is 2.15. The Morgan fingerprint density at radius 1 is 1.42 bits per heavy atom. The summed E-state index contributed by atoms with van der Waals surface area (Å²) in [6.45, 7) is 0.0399. The molecule has 0 saturated heterocycles. The van der Waals surface area contributed by atoms with Crippen LogP contribution in [0, 0.1) is 5.82 Å². The molecule has 1 heterocycles. The number of amides is 1. The molecule has 2 rings (SSSR count). The van der Waals surface area contributed by atoms with Gasteiger partial charge in [-0.05, 0) is 18.2 Å². The van der Waals surface area contributed by atoms with Gasteiger partial charge in [-0.3, -0.25) is 9.59 Å². The van der Waals surface area contributed by atoms with Crippen molar-refractivity contribution in [2.75, 3.05) is 6.54 Å². The highest BCUT2D eigenvalue weighted by atomic mass is 19.1. The lowest BCUT2D eigenvalue weighted by atomic mass is 10.2. The van der Waals surface area contributed by atoms with Crippen LogP contribution in [0.4, 0.5) is 4.39 Å². The minimum Gasteiger partial charge on any atom is -0.481 e. The number of hydrogen-bond acceptors (Lipinski definition) is 2. The number of hydrogen-bond donors (Lipinski definition) is 2. The zero-order chi connectivity index (χ0) is 14.0. The second-order valence-corrected chi connectivity index (χ2v) is 4.16. The lowest BCUT2D eigenvalue weighted by Crippen LogP contribution is -2.27. The summed E-state index contributed by atoms with van der Waals surface area (Å²) in [5, 5.41) is 11.4. The Bertz CT molecular complexity index is 649. The van der Waals surface area contributed by atoms with Crippen molar-refractivity contribution in [3.63, 3.8) is 0 Å². The number of benzene rings is 1. The maximum Gasteiger partial charge on any atom is 0.305 e. The summed E-state index contributed by atoms with van der Waals surface area (Å²) in [5.41, 5.74) is 0.911. The molecule has 19 heavy (non-hydrogen) atoms. The first-order chi connectivity index (χ1) is 9.00. The molecule has 1 aromatic carbocycles. The van der Waals surface area contributed by atoms with E-state index in [4.69, 9.17) is 5.11 Å². The molecule has 0 aliphatic carbocycles. The quantitative estimate of drug-likeness (QED) is 0.879. The molecule has 1 amide bonds. The number of aromatic nitrogens is 1.